The molecule has 61 heavy (non-hydrogen) atoms. The first kappa shape index (κ1) is 33.9. The van der Waals surface area contributed by atoms with E-state index in [1.807, 2.05) is 6.07 Å². The number of nitrogens with zero attached hydrogens (tertiary/aromatic N) is 2. The third-order valence-corrected chi connectivity index (χ3v) is 15.6. The number of fused-ring (bicyclic) bond motifs is 9. The molecule has 2 heterocycles. The van der Waals surface area contributed by atoms with Crippen LogP contribution in [0, 0.1) is 23.7 Å². The Kier molecular flexibility index (Phi) is 7.01. The maximum atomic E-state index is 6.48. The smallest absolute Gasteiger partial charge is 0.137 e. The Hall–Kier alpha value is -6.84. The van der Waals surface area contributed by atoms with Gasteiger partial charge in [-0.25, -0.2) is 0 Å². The lowest BCUT2D eigenvalue weighted by atomic mass is 9.43. The third-order valence-electron chi connectivity index (χ3n) is 15.6. The van der Waals surface area contributed by atoms with Crippen LogP contribution in [0.2, 0.25) is 0 Å². The molecule has 0 unspecified atom stereocenters. The fourth-order valence-corrected chi connectivity index (χ4v) is 13.4. The van der Waals surface area contributed by atoms with Gasteiger partial charge in [0.1, 0.15) is 11.2 Å². The molecule has 3 nitrogen and oxygen atoms in total. The molecule has 3 heteroatoms. The van der Waals surface area contributed by atoms with Crippen molar-refractivity contribution < 1.29 is 4.42 Å². The Labute approximate surface area is 355 Å². The van der Waals surface area contributed by atoms with Crippen molar-refractivity contribution in [2.45, 2.75) is 37.5 Å². The summed E-state index contributed by atoms with van der Waals surface area (Å²) in [6.45, 7) is 0. The van der Waals surface area contributed by atoms with Gasteiger partial charge in [-0.3, -0.25) is 0 Å². The lowest BCUT2D eigenvalue weighted by Crippen LogP contribution is -2.55. The predicted molar refractivity (Wildman–Crippen MR) is 251 cm³/mol. The highest BCUT2D eigenvalue weighted by atomic mass is 16.3. The van der Waals surface area contributed by atoms with Crippen molar-refractivity contribution in [2.24, 2.45) is 23.7 Å². The molecule has 0 N–H and O–H groups in total. The topological polar surface area (TPSA) is 21.3 Å². The van der Waals surface area contributed by atoms with Crippen LogP contribution in [0.4, 0.5) is 17.1 Å². The van der Waals surface area contributed by atoms with Crippen molar-refractivity contribution in [3.8, 4) is 27.9 Å². The van der Waals surface area contributed by atoms with Gasteiger partial charge in [0.05, 0.1) is 11.0 Å². The number of furan rings is 1. The molecule has 1 spiro atoms. The highest BCUT2D eigenvalue weighted by Gasteiger charge is 2.61. The number of hydrogen-bond acceptors (Lipinski definition) is 2. The second-order valence-corrected chi connectivity index (χ2v) is 18.5. The van der Waals surface area contributed by atoms with E-state index in [1.54, 1.807) is 11.1 Å². The molecule has 2 aromatic heterocycles. The fourth-order valence-electron chi connectivity index (χ4n) is 13.4. The van der Waals surface area contributed by atoms with Gasteiger partial charge < -0.3 is 13.9 Å². The first-order valence-electron chi connectivity index (χ1n) is 22.3. The molecule has 5 aliphatic carbocycles. The molecular weight excluding hydrogens is 741 g/mol. The van der Waals surface area contributed by atoms with E-state index in [4.69, 9.17) is 4.42 Å². The average molecular weight is 785 g/mol. The molecular formula is C58H44N2O. The molecule has 0 aliphatic heterocycles. The highest BCUT2D eigenvalue weighted by Crippen LogP contribution is 2.69. The fraction of sp³-hybridized carbons (Fsp3) is 0.172. The Bertz CT molecular complexity index is 3360. The maximum absolute atomic E-state index is 6.48. The van der Waals surface area contributed by atoms with Crippen LogP contribution in [-0.4, -0.2) is 4.57 Å². The summed E-state index contributed by atoms with van der Waals surface area (Å²) in [5.41, 5.74) is 17.4. The number of benzene rings is 8. The van der Waals surface area contributed by atoms with Gasteiger partial charge >= 0.3 is 0 Å². The van der Waals surface area contributed by atoms with E-state index in [0.717, 1.165) is 68.4 Å². The number of hydrogen-bond donors (Lipinski definition) is 0. The van der Waals surface area contributed by atoms with Crippen molar-refractivity contribution in [3.05, 3.63) is 193 Å². The summed E-state index contributed by atoms with van der Waals surface area (Å²) >= 11 is 0. The van der Waals surface area contributed by atoms with Crippen molar-refractivity contribution in [2.75, 3.05) is 4.90 Å². The molecule has 0 amide bonds. The Morgan fingerprint density at radius 3 is 1.85 bits per heavy atom. The predicted octanol–water partition coefficient (Wildman–Crippen LogP) is 15.5. The van der Waals surface area contributed by atoms with Gasteiger partial charge in [0, 0.05) is 55.8 Å². The number of anilines is 3. The molecule has 10 aromatic rings. The lowest BCUT2D eigenvalue weighted by molar-refractivity contribution is -0.0399. The van der Waals surface area contributed by atoms with E-state index in [2.05, 4.69) is 185 Å². The van der Waals surface area contributed by atoms with Crippen LogP contribution in [0.15, 0.2) is 186 Å². The Balaban J connectivity index is 0.909. The standard InChI is InChI=1S/C58H44N2O/c1-2-10-42(11-3-1)60-54-16-8-5-13-47(54)48-25-23-44(34-55(48)60)59(45-24-26-50-49-14-6-9-17-56(49)61-57(50)35-45)43-21-18-38(19-22-43)39-20-27-53-51(33-39)46-12-4-7-15-52(46)58(53)40-29-36-28-37(31-40)32-41(58)30-36/h1-27,33-37,40-41H,28-32H2. The minimum absolute atomic E-state index is 0.191. The normalized spacial score (nSPS) is 22.2. The molecule has 4 saturated carbocycles. The maximum Gasteiger partial charge on any atom is 0.137 e. The van der Waals surface area contributed by atoms with Gasteiger partial charge in [-0.2, -0.15) is 0 Å². The van der Waals surface area contributed by atoms with Crippen molar-refractivity contribution in [1.82, 2.24) is 4.57 Å². The summed E-state index contributed by atoms with van der Waals surface area (Å²) in [4.78, 5) is 2.39. The van der Waals surface area contributed by atoms with Gasteiger partial charge in [0.25, 0.3) is 0 Å². The van der Waals surface area contributed by atoms with E-state index in [-0.39, 0.29) is 5.41 Å². The second kappa shape index (κ2) is 12.6. The third kappa shape index (κ3) is 4.75. The van der Waals surface area contributed by atoms with E-state index in [0.29, 0.717) is 0 Å². The van der Waals surface area contributed by atoms with E-state index in [1.165, 1.54) is 76.2 Å². The van der Waals surface area contributed by atoms with Gasteiger partial charge in [0.15, 0.2) is 0 Å². The van der Waals surface area contributed by atoms with Gasteiger partial charge in [-0.1, -0.05) is 109 Å². The molecule has 8 aromatic carbocycles. The van der Waals surface area contributed by atoms with Gasteiger partial charge in [0.2, 0.25) is 0 Å². The molecule has 4 fully saturated rings. The zero-order chi connectivity index (χ0) is 39.8. The van der Waals surface area contributed by atoms with Gasteiger partial charge in [-0.05, 0) is 156 Å². The molecule has 0 radical (unpaired) electrons. The largest absolute Gasteiger partial charge is 0.456 e. The van der Waals surface area contributed by atoms with Crippen LogP contribution in [0.3, 0.4) is 0 Å². The second-order valence-electron chi connectivity index (χ2n) is 18.5. The molecule has 15 rings (SSSR count). The minimum Gasteiger partial charge on any atom is -0.456 e. The van der Waals surface area contributed by atoms with Crippen molar-refractivity contribution >= 4 is 60.8 Å². The summed E-state index contributed by atoms with van der Waals surface area (Å²) in [6.07, 6.45) is 7.11. The van der Waals surface area contributed by atoms with Crippen LogP contribution >= 0.6 is 0 Å². The number of rotatable bonds is 5. The average Bonchev–Trinajstić information content (AvgIpc) is 3.94. The highest BCUT2D eigenvalue weighted by molar-refractivity contribution is 6.11. The molecule has 292 valence electrons. The monoisotopic (exact) mass is 784 g/mol. The van der Waals surface area contributed by atoms with Crippen molar-refractivity contribution in [3.63, 3.8) is 0 Å². The van der Waals surface area contributed by atoms with Crippen LogP contribution in [0.1, 0.15) is 43.2 Å². The molecule has 0 saturated heterocycles. The Morgan fingerprint density at radius 1 is 0.426 bits per heavy atom. The van der Waals surface area contributed by atoms with E-state index >= 15 is 0 Å². The van der Waals surface area contributed by atoms with Crippen LogP contribution in [0.5, 0.6) is 0 Å². The molecule has 4 bridgehead atoms. The van der Waals surface area contributed by atoms with Crippen LogP contribution < -0.4 is 4.90 Å². The quantitative estimate of drug-likeness (QED) is 0.173. The number of aromatic nitrogens is 1. The molecule has 5 aliphatic rings. The first-order chi connectivity index (χ1) is 30.2. The first-order valence-corrected chi connectivity index (χ1v) is 22.3. The summed E-state index contributed by atoms with van der Waals surface area (Å²) in [5, 5.41) is 4.75. The SMILES string of the molecule is c1ccc(-n2c3ccccc3c3ccc(N(c4ccc(-c5ccc6c(c5)-c5ccccc5C65C6CC7CC(C6)CC5C7)cc4)c4ccc5c(c4)oc4ccccc45)cc32)cc1. The zero-order valence-electron chi connectivity index (χ0n) is 34.0. The zero-order valence-corrected chi connectivity index (χ0v) is 34.0. The lowest BCUT2D eigenvalue weighted by Gasteiger charge is -2.61. The minimum atomic E-state index is 0.191. The van der Waals surface area contributed by atoms with Crippen LogP contribution in [-0.2, 0) is 5.41 Å². The molecule has 0 atom stereocenters. The van der Waals surface area contributed by atoms with Crippen LogP contribution in [0.25, 0.3) is 71.7 Å². The van der Waals surface area contributed by atoms with Gasteiger partial charge in [-0.15, -0.1) is 0 Å². The summed E-state index contributed by atoms with van der Waals surface area (Å²) in [6, 6.07) is 67.6. The summed E-state index contributed by atoms with van der Waals surface area (Å²) in [7, 11) is 0. The van der Waals surface area contributed by atoms with Crippen molar-refractivity contribution in [1.29, 1.82) is 0 Å². The number of para-hydroxylation sites is 3. The summed E-state index contributed by atoms with van der Waals surface area (Å²) in [5.74, 6) is 3.43. The van der Waals surface area contributed by atoms with E-state index in [9.17, 15) is 0 Å². The summed E-state index contributed by atoms with van der Waals surface area (Å²) < 4.78 is 8.88. The Morgan fingerprint density at radius 2 is 1.03 bits per heavy atom. The van der Waals surface area contributed by atoms with E-state index < -0.39 is 0 Å².